The monoisotopic (exact) mass is 382 g/mol. The molecule has 2 aliphatic rings. The number of carbonyl (C=O) groups is 1. The van der Waals surface area contributed by atoms with Crippen LogP contribution in [0.3, 0.4) is 0 Å². The number of rotatable bonds is 6. The Morgan fingerprint density at radius 1 is 1.38 bits per heavy atom. The summed E-state index contributed by atoms with van der Waals surface area (Å²) >= 11 is 0. The van der Waals surface area contributed by atoms with Crippen LogP contribution in [0.4, 0.5) is 11.4 Å². The first-order valence-electron chi connectivity index (χ1n) is 8.39. The molecule has 2 aliphatic carbocycles. The lowest BCUT2D eigenvalue weighted by Gasteiger charge is -2.36. The zero-order valence-electron chi connectivity index (χ0n) is 14.9. The lowest BCUT2D eigenvalue weighted by Crippen LogP contribution is -2.43. The smallest absolute Gasteiger partial charge is 0.297 e. The van der Waals surface area contributed by atoms with Crippen LogP contribution < -0.4 is 9.46 Å². The minimum atomic E-state index is -3.96. The van der Waals surface area contributed by atoms with E-state index in [1.807, 2.05) is 13.8 Å². The molecule has 0 radical (unpaired) electrons. The highest BCUT2D eigenvalue weighted by atomic mass is 32.2. The SMILES string of the molecule is COc1ccc(NS(=O)(=O)C[C@]23CC[C@@H](CC2=O)C3(C)C)c([N+](=O)[O-])c1. The Morgan fingerprint density at radius 3 is 2.58 bits per heavy atom. The summed E-state index contributed by atoms with van der Waals surface area (Å²) in [7, 11) is -2.59. The first-order chi connectivity index (χ1) is 12.0. The lowest BCUT2D eigenvalue weighted by atomic mass is 9.70. The molecular weight excluding hydrogens is 360 g/mol. The van der Waals surface area contributed by atoms with E-state index >= 15 is 0 Å². The van der Waals surface area contributed by atoms with Gasteiger partial charge in [-0.15, -0.1) is 0 Å². The van der Waals surface area contributed by atoms with Crippen molar-refractivity contribution in [1.82, 2.24) is 0 Å². The summed E-state index contributed by atoms with van der Waals surface area (Å²) in [5.74, 6) is 0.0729. The van der Waals surface area contributed by atoms with Crippen LogP contribution >= 0.6 is 0 Å². The van der Waals surface area contributed by atoms with Gasteiger partial charge in [-0.25, -0.2) is 8.42 Å². The standard InChI is InChI=1S/C17H22N2O6S/c1-16(2)11-6-7-17(16,15(20)8-11)10-26(23,24)18-13-5-4-12(25-3)9-14(13)19(21)22/h4-5,9,11,18H,6-8,10H2,1-3H3/t11-,17+/m0/s1. The van der Waals surface area contributed by atoms with Gasteiger partial charge in [0, 0.05) is 6.42 Å². The number of fused-ring (bicyclic) bond motifs is 2. The maximum atomic E-state index is 12.8. The van der Waals surface area contributed by atoms with Gasteiger partial charge >= 0.3 is 0 Å². The predicted molar refractivity (Wildman–Crippen MR) is 95.6 cm³/mol. The van der Waals surface area contributed by atoms with Crippen molar-refractivity contribution in [2.24, 2.45) is 16.7 Å². The molecule has 1 aromatic rings. The second kappa shape index (κ2) is 5.94. The molecule has 0 spiro atoms. The number of nitrogens with zero attached hydrogens (tertiary/aromatic N) is 1. The molecule has 3 rings (SSSR count). The first kappa shape index (κ1) is 18.6. The van der Waals surface area contributed by atoms with E-state index in [9.17, 15) is 23.3 Å². The van der Waals surface area contributed by atoms with Gasteiger partial charge in [-0.1, -0.05) is 13.8 Å². The fourth-order valence-corrected chi connectivity index (χ4v) is 6.42. The van der Waals surface area contributed by atoms with Crippen LogP contribution in [0.25, 0.3) is 0 Å². The average molecular weight is 382 g/mol. The molecule has 0 saturated heterocycles. The van der Waals surface area contributed by atoms with Gasteiger partial charge in [-0.2, -0.15) is 0 Å². The highest BCUT2D eigenvalue weighted by Crippen LogP contribution is 2.64. The van der Waals surface area contributed by atoms with Crippen LogP contribution in [-0.2, 0) is 14.8 Å². The van der Waals surface area contributed by atoms with Crippen molar-refractivity contribution in [3.63, 3.8) is 0 Å². The Bertz CT molecular complexity index is 879. The molecule has 1 aromatic carbocycles. The Hall–Kier alpha value is -2.16. The number of ketones is 1. The molecule has 0 unspecified atom stereocenters. The van der Waals surface area contributed by atoms with Crippen molar-refractivity contribution in [2.45, 2.75) is 33.1 Å². The van der Waals surface area contributed by atoms with Gasteiger partial charge in [0.25, 0.3) is 5.69 Å². The molecule has 142 valence electrons. The second-order valence-corrected chi connectivity index (χ2v) is 9.39. The molecule has 1 N–H and O–H groups in total. The number of benzene rings is 1. The van der Waals surface area contributed by atoms with E-state index < -0.39 is 31.5 Å². The van der Waals surface area contributed by atoms with Crippen LogP contribution in [0.2, 0.25) is 0 Å². The Morgan fingerprint density at radius 2 is 2.08 bits per heavy atom. The van der Waals surface area contributed by atoms with Crippen molar-refractivity contribution in [2.75, 3.05) is 17.6 Å². The van der Waals surface area contributed by atoms with Crippen LogP contribution in [0.15, 0.2) is 18.2 Å². The fourth-order valence-electron chi connectivity index (χ4n) is 4.51. The molecule has 9 heteroatoms. The highest BCUT2D eigenvalue weighted by molar-refractivity contribution is 7.92. The molecule has 2 saturated carbocycles. The average Bonchev–Trinajstić information content (AvgIpc) is 2.88. The van der Waals surface area contributed by atoms with Crippen LogP contribution in [0, 0.1) is 26.9 Å². The minimum Gasteiger partial charge on any atom is -0.496 e. The van der Waals surface area contributed by atoms with E-state index in [-0.39, 0.29) is 28.9 Å². The Balaban J connectivity index is 1.91. The third kappa shape index (κ3) is 2.74. The quantitative estimate of drug-likeness (QED) is 0.597. The van der Waals surface area contributed by atoms with Gasteiger partial charge in [0.1, 0.15) is 17.2 Å². The molecule has 2 bridgehead atoms. The highest BCUT2D eigenvalue weighted by Gasteiger charge is 2.65. The summed E-state index contributed by atoms with van der Waals surface area (Å²) in [6, 6.07) is 3.90. The number of nitrogens with one attached hydrogen (secondary N) is 1. The van der Waals surface area contributed by atoms with Crippen molar-refractivity contribution < 1.29 is 22.9 Å². The number of methoxy groups -OCH3 is 1. The summed E-state index contributed by atoms with van der Waals surface area (Å²) in [4.78, 5) is 23.1. The van der Waals surface area contributed by atoms with Crippen molar-refractivity contribution >= 4 is 27.2 Å². The normalized spacial score (nSPS) is 26.7. The van der Waals surface area contributed by atoms with E-state index in [1.54, 1.807) is 0 Å². The molecule has 2 fully saturated rings. The lowest BCUT2D eigenvalue weighted by molar-refractivity contribution is -0.384. The van der Waals surface area contributed by atoms with Gasteiger partial charge in [0.2, 0.25) is 10.0 Å². The first-order valence-corrected chi connectivity index (χ1v) is 10.0. The molecule has 0 heterocycles. The zero-order valence-corrected chi connectivity index (χ0v) is 15.8. The van der Waals surface area contributed by atoms with E-state index in [0.717, 1.165) is 12.5 Å². The Kier molecular flexibility index (Phi) is 4.25. The largest absolute Gasteiger partial charge is 0.496 e. The number of Topliss-reactive ketones (excluding diaryl/α,β-unsaturated/α-hetero) is 1. The molecule has 0 aliphatic heterocycles. The van der Waals surface area contributed by atoms with Crippen LogP contribution in [-0.4, -0.2) is 32.0 Å². The maximum absolute atomic E-state index is 12.8. The number of ether oxygens (including phenoxy) is 1. The van der Waals surface area contributed by atoms with E-state index in [2.05, 4.69) is 4.72 Å². The molecule has 0 amide bonds. The summed E-state index contributed by atoms with van der Waals surface area (Å²) in [5.41, 5.74) is -1.85. The summed E-state index contributed by atoms with van der Waals surface area (Å²) < 4.78 is 32.8. The molecule has 8 nitrogen and oxygen atoms in total. The van der Waals surface area contributed by atoms with Gasteiger partial charge in [-0.05, 0) is 36.3 Å². The molecule has 2 atom stereocenters. The fraction of sp³-hybridized carbons (Fsp3) is 0.588. The van der Waals surface area contributed by atoms with Crippen molar-refractivity contribution in [3.05, 3.63) is 28.3 Å². The number of carbonyl (C=O) groups excluding carboxylic acids is 1. The van der Waals surface area contributed by atoms with E-state index in [4.69, 9.17) is 4.74 Å². The van der Waals surface area contributed by atoms with Crippen molar-refractivity contribution in [3.8, 4) is 5.75 Å². The molecule has 26 heavy (non-hydrogen) atoms. The maximum Gasteiger partial charge on any atom is 0.297 e. The number of sulfonamides is 1. The Labute approximate surface area is 152 Å². The van der Waals surface area contributed by atoms with Crippen LogP contribution in [0.5, 0.6) is 5.75 Å². The second-order valence-electron chi connectivity index (χ2n) is 7.67. The minimum absolute atomic E-state index is 0.0200. The summed E-state index contributed by atoms with van der Waals surface area (Å²) in [6.07, 6.45) is 1.78. The van der Waals surface area contributed by atoms with Gasteiger partial charge in [0.15, 0.2) is 0 Å². The zero-order chi connectivity index (χ0) is 19.3. The summed E-state index contributed by atoms with van der Waals surface area (Å²) in [5, 5.41) is 11.3. The number of nitro benzene ring substituents is 1. The molecular formula is C17H22N2O6S. The number of hydrogen-bond donors (Lipinski definition) is 1. The van der Waals surface area contributed by atoms with Gasteiger partial charge < -0.3 is 4.74 Å². The van der Waals surface area contributed by atoms with E-state index in [1.165, 1.54) is 19.2 Å². The van der Waals surface area contributed by atoms with Gasteiger partial charge in [0.05, 0.1) is 29.3 Å². The van der Waals surface area contributed by atoms with Crippen LogP contribution in [0.1, 0.15) is 33.1 Å². The van der Waals surface area contributed by atoms with Crippen molar-refractivity contribution in [1.29, 1.82) is 0 Å². The number of anilines is 1. The summed E-state index contributed by atoms with van der Waals surface area (Å²) in [6.45, 7) is 3.89. The number of nitro groups is 1. The third-order valence-corrected chi connectivity index (χ3v) is 7.65. The predicted octanol–water partition coefficient (Wildman–Crippen LogP) is 2.74. The topological polar surface area (TPSA) is 116 Å². The van der Waals surface area contributed by atoms with E-state index in [0.29, 0.717) is 12.8 Å². The molecule has 0 aromatic heterocycles. The van der Waals surface area contributed by atoms with Gasteiger partial charge in [-0.3, -0.25) is 19.6 Å². The number of hydrogen-bond acceptors (Lipinski definition) is 6. The third-order valence-electron chi connectivity index (χ3n) is 6.24.